The number of Topliss-reactive ketones (excluding diaryl/α,β-unsaturated/α-hetero) is 1. The molecule has 0 saturated carbocycles. The second kappa shape index (κ2) is 9.91. The highest BCUT2D eigenvalue weighted by Gasteiger charge is 2.46. The van der Waals surface area contributed by atoms with Crippen LogP contribution in [-0.2, 0) is 14.3 Å². The van der Waals surface area contributed by atoms with Crippen LogP contribution in [0.1, 0.15) is 43.7 Å². The predicted molar refractivity (Wildman–Crippen MR) is 117 cm³/mol. The van der Waals surface area contributed by atoms with Gasteiger partial charge in [0, 0.05) is 17.0 Å². The molecule has 3 rings (SSSR count). The molecule has 0 spiro atoms. The van der Waals surface area contributed by atoms with E-state index in [9.17, 15) is 14.7 Å². The zero-order valence-electron chi connectivity index (χ0n) is 17.5. The van der Waals surface area contributed by atoms with E-state index in [2.05, 4.69) is 0 Å². The van der Waals surface area contributed by atoms with Gasteiger partial charge in [-0.25, -0.2) is 0 Å². The fraction of sp³-hybridized carbons (Fsp3) is 0.391. The van der Waals surface area contributed by atoms with Gasteiger partial charge in [-0.3, -0.25) is 9.59 Å². The quantitative estimate of drug-likeness (QED) is 0.364. The van der Waals surface area contributed by atoms with Crippen LogP contribution in [0.25, 0.3) is 5.76 Å². The molecule has 1 aliphatic heterocycles. The zero-order valence-corrected chi connectivity index (χ0v) is 18.3. The number of likely N-dealkylation sites (tertiary alicyclic amines) is 1. The van der Waals surface area contributed by atoms with E-state index < -0.39 is 17.7 Å². The van der Waals surface area contributed by atoms with Gasteiger partial charge < -0.3 is 19.5 Å². The van der Waals surface area contributed by atoms with Crippen LogP contribution in [0.3, 0.4) is 0 Å². The fourth-order valence-corrected chi connectivity index (χ4v) is 4.17. The third kappa shape index (κ3) is 4.74. The zero-order chi connectivity index (χ0) is 21.7. The monoisotopic (exact) mass is 429 g/mol. The summed E-state index contributed by atoms with van der Waals surface area (Å²) in [6.07, 6.45) is 0.919. The van der Waals surface area contributed by atoms with Crippen LogP contribution >= 0.6 is 11.3 Å². The summed E-state index contributed by atoms with van der Waals surface area (Å²) in [6, 6.07) is 9.99. The number of hydrogen-bond acceptors (Lipinski definition) is 6. The topological polar surface area (TPSA) is 76.1 Å². The minimum Gasteiger partial charge on any atom is -0.507 e. The summed E-state index contributed by atoms with van der Waals surface area (Å²) >= 11 is 1.44. The lowest BCUT2D eigenvalue weighted by Gasteiger charge is -2.24. The second-order valence-electron chi connectivity index (χ2n) is 7.30. The van der Waals surface area contributed by atoms with Gasteiger partial charge in [-0.15, -0.1) is 11.3 Å². The lowest BCUT2D eigenvalue weighted by molar-refractivity contribution is -0.140. The summed E-state index contributed by atoms with van der Waals surface area (Å²) in [7, 11) is 0. The Morgan fingerprint density at radius 3 is 2.50 bits per heavy atom. The Morgan fingerprint density at radius 1 is 1.17 bits per heavy atom. The number of rotatable bonds is 9. The van der Waals surface area contributed by atoms with Crippen molar-refractivity contribution in [3.63, 3.8) is 0 Å². The molecular weight excluding hydrogens is 402 g/mol. The van der Waals surface area contributed by atoms with Gasteiger partial charge in [-0.1, -0.05) is 13.0 Å². The normalized spacial score (nSPS) is 18.4. The Labute approximate surface area is 180 Å². The van der Waals surface area contributed by atoms with Crippen molar-refractivity contribution in [3.8, 4) is 5.75 Å². The second-order valence-corrected chi connectivity index (χ2v) is 8.28. The number of amides is 1. The van der Waals surface area contributed by atoms with Crippen LogP contribution < -0.4 is 4.74 Å². The molecule has 0 bridgehead atoms. The molecule has 30 heavy (non-hydrogen) atoms. The first-order valence-corrected chi connectivity index (χ1v) is 11.0. The largest absolute Gasteiger partial charge is 0.507 e. The third-order valence-corrected chi connectivity index (χ3v) is 5.66. The standard InChI is InChI=1S/C23H27NO5S/c1-4-12-29-17-9-7-16(8-10-17)21(25)19-20(18-6-5-14-30-18)24(23(27)22(19)26)11-13-28-15(2)3/h5-10,14-15,20,25H,4,11-13H2,1-3H3/b21-19-. The number of carbonyl (C=O) groups excluding carboxylic acids is 2. The maximum absolute atomic E-state index is 12.9. The molecule has 0 aliphatic carbocycles. The van der Waals surface area contributed by atoms with Gasteiger partial charge in [-0.05, 0) is 56.0 Å². The summed E-state index contributed by atoms with van der Waals surface area (Å²) in [4.78, 5) is 27.9. The van der Waals surface area contributed by atoms with Gasteiger partial charge in [0.1, 0.15) is 11.5 Å². The molecule has 160 valence electrons. The highest BCUT2D eigenvalue weighted by Crippen LogP contribution is 2.41. The first-order chi connectivity index (χ1) is 14.4. The number of ketones is 1. The van der Waals surface area contributed by atoms with Crippen molar-refractivity contribution in [2.45, 2.75) is 39.3 Å². The van der Waals surface area contributed by atoms with Gasteiger partial charge in [0.25, 0.3) is 11.7 Å². The van der Waals surface area contributed by atoms with Crippen molar-refractivity contribution in [3.05, 3.63) is 57.8 Å². The molecule has 2 aromatic rings. The Bertz CT molecular complexity index is 902. The lowest BCUT2D eigenvalue weighted by atomic mass is 10.00. The first kappa shape index (κ1) is 22.1. The molecule has 1 atom stereocenters. The van der Waals surface area contributed by atoms with E-state index in [-0.39, 0.29) is 24.0 Å². The van der Waals surface area contributed by atoms with Crippen molar-refractivity contribution >= 4 is 28.8 Å². The Hall–Kier alpha value is -2.64. The predicted octanol–water partition coefficient (Wildman–Crippen LogP) is 4.38. The Balaban J connectivity index is 1.95. The van der Waals surface area contributed by atoms with E-state index in [1.54, 1.807) is 24.3 Å². The SMILES string of the molecule is CCCOc1ccc(/C(O)=C2/C(=O)C(=O)N(CCOC(C)C)C2c2cccs2)cc1. The van der Waals surface area contributed by atoms with Crippen LogP contribution in [-0.4, -0.2) is 47.6 Å². The number of hydrogen-bond donors (Lipinski definition) is 1. The first-order valence-electron chi connectivity index (χ1n) is 10.1. The van der Waals surface area contributed by atoms with E-state index in [0.717, 1.165) is 11.3 Å². The van der Waals surface area contributed by atoms with E-state index in [1.807, 2.05) is 38.3 Å². The van der Waals surface area contributed by atoms with E-state index in [1.165, 1.54) is 16.2 Å². The summed E-state index contributed by atoms with van der Waals surface area (Å²) in [6.45, 7) is 7.04. The maximum atomic E-state index is 12.9. The molecule has 1 amide bonds. The summed E-state index contributed by atoms with van der Waals surface area (Å²) in [5.41, 5.74) is 0.575. The lowest BCUT2D eigenvalue weighted by Crippen LogP contribution is -2.33. The molecule has 1 aromatic heterocycles. The number of ether oxygens (including phenoxy) is 2. The van der Waals surface area contributed by atoms with Crippen molar-refractivity contribution in [1.82, 2.24) is 4.90 Å². The average Bonchev–Trinajstić information content (AvgIpc) is 3.34. The number of benzene rings is 1. The summed E-state index contributed by atoms with van der Waals surface area (Å²) < 4.78 is 11.2. The molecule has 1 unspecified atom stereocenters. The minimum absolute atomic E-state index is 0.0236. The minimum atomic E-state index is -0.679. The van der Waals surface area contributed by atoms with Crippen LogP contribution in [0, 0.1) is 0 Å². The molecule has 6 nitrogen and oxygen atoms in total. The number of thiophene rings is 1. The number of aliphatic hydroxyl groups excluding tert-OH is 1. The van der Waals surface area contributed by atoms with E-state index in [4.69, 9.17) is 9.47 Å². The van der Waals surface area contributed by atoms with Crippen molar-refractivity contribution in [2.75, 3.05) is 19.8 Å². The molecule has 1 aromatic carbocycles. The fourth-order valence-electron chi connectivity index (χ4n) is 3.32. The molecule has 0 radical (unpaired) electrons. The average molecular weight is 430 g/mol. The van der Waals surface area contributed by atoms with Crippen LogP contribution in [0.5, 0.6) is 5.75 Å². The number of carbonyl (C=O) groups is 2. The molecule has 1 N–H and O–H groups in total. The molecule has 1 aliphatic rings. The third-order valence-electron chi connectivity index (χ3n) is 4.74. The van der Waals surface area contributed by atoms with Crippen molar-refractivity contribution in [1.29, 1.82) is 0 Å². The highest BCUT2D eigenvalue weighted by molar-refractivity contribution is 7.10. The molecular formula is C23H27NO5S. The maximum Gasteiger partial charge on any atom is 0.295 e. The van der Waals surface area contributed by atoms with Crippen molar-refractivity contribution < 1.29 is 24.2 Å². The van der Waals surface area contributed by atoms with Gasteiger partial charge in [0.05, 0.1) is 30.9 Å². The Kier molecular flexibility index (Phi) is 7.29. The number of aliphatic hydroxyl groups is 1. The highest BCUT2D eigenvalue weighted by atomic mass is 32.1. The van der Waals surface area contributed by atoms with E-state index in [0.29, 0.717) is 24.5 Å². The summed E-state index contributed by atoms with van der Waals surface area (Å²) in [5.74, 6) is -0.789. The van der Waals surface area contributed by atoms with Crippen LogP contribution in [0.4, 0.5) is 0 Å². The van der Waals surface area contributed by atoms with E-state index >= 15 is 0 Å². The van der Waals surface area contributed by atoms with Gasteiger partial charge in [-0.2, -0.15) is 0 Å². The summed E-state index contributed by atoms with van der Waals surface area (Å²) in [5, 5.41) is 12.9. The Morgan fingerprint density at radius 2 is 1.90 bits per heavy atom. The van der Waals surface area contributed by atoms with Crippen LogP contribution in [0.15, 0.2) is 47.4 Å². The van der Waals surface area contributed by atoms with Crippen LogP contribution in [0.2, 0.25) is 0 Å². The molecule has 2 heterocycles. The molecule has 1 fully saturated rings. The van der Waals surface area contributed by atoms with Gasteiger partial charge in [0.15, 0.2) is 0 Å². The molecule has 7 heteroatoms. The van der Waals surface area contributed by atoms with Crippen molar-refractivity contribution in [2.24, 2.45) is 0 Å². The smallest absolute Gasteiger partial charge is 0.295 e. The number of nitrogens with zero attached hydrogens (tertiary/aromatic N) is 1. The molecule has 1 saturated heterocycles. The van der Waals surface area contributed by atoms with Gasteiger partial charge in [0.2, 0.25) is 0 Å². The van der Waals surface area contributed by atoms with Gasteiger partial charge >= 0.3 is 0 Å².